The van der Waals surface area contributed by atoms with Gasteiger partial charge in [0.15, 0.2) is 12.6 Å². The molecular formula is C55H105NO13. The predicted molar refractivity (Wildman–Crippen MR) is 272 cm³/mol. The van der Waals surface area contributed by atoms with Crippen LogP contribution in [-0.2, 0) is 23.7 Å². The summed E-state index contributed by atoms with van der Waals surface area (Å²) >= 11 is 0. The third-order valence-corrected chi connectivity index (χ3v) is 14.2. The van der Waals surface area contributed by atoms with Crippen molar-refractivity contribution in [3.05, 3.63) is 12.2 Å². The van der Waals surface area contributed by atoms with Crippen molar-refractivity contribution in [3.8, 4) is 0 Å². The molecule has 0 bridgehead atoms. The Balaban J connectivity index is 1.66. The number of nitrogens with one attached hydrogen (secondary N) is 1. The minimum atomic E-state index is -1.78. The lowest BCUT2D eigenvalue weighted by Gasteiger charge is -2.46. The maximum absolute atomic E-state index is 13.1. The van der Waals surface area contributed by atoms with Crippen LogP contribution in [0.3, 0.4) is 0 Å². The fraction of sp³-hybridized carbons (Fsp3) is 0.945. The molecule has 0 aromatic carbocycles. The van der Waals surface area contributed by atoms with Crippen LogP contribution < -0.4 is 5.32 Å². The smallest absolute Gasteiger partial charge is 0.220 e. The number of hydrogen-bond donors (Lipinski definition) is 9. The van der Waals surface area contributed by atoms with Crippen molar-refractivity contribution in [2.45, 2.75) is 312 Å². The van der Waals surface area contributed by atoms with Crippen molar-refractivity contribution < 1.29 is 64.6 Å². The largest absolute Gasteiger partial charge is 0.394 e. The predicted octanol–water partition coefficient (Wildman–Crippen LogP) is 8.72. The summed E-state index contributed by atoms with van der Waals surface area (Å²) in [6, 6.07) is -0.907. The molecule has 0 aromatic heterocycles. The van der Waals surface area contributed by atoms with Gasteiger partial charge in [0.05, 0.1) is 32.0 Å². The zero-order valence-electron chi connectivity index (χ0n) is 43.6. The van der Waals surface area contributed by atoms with Gasteiger partial charge in [-0.05, 0) is 19.3 Å². The second-order valence-electron chi connectivity index (χ2n) is 20.4. The van der Waals surface area contributed by atoms with Crippen molar-refractivity contribution in [3.63, 3.8) is 0 Å². The molecule has 2 rings (SSSR count). The molecular weight excluding hydrogens is 883 g/mol. The summed E-state index contributed by atoms with van der Waals surface area (Å²) in [6.07, 6.45) is 30.2. The molecule has 12 unspecified atom stereocenters. The van der Waals surface area contributed by atoms with Gasteiger partial charge >= 0.3 is 0 Å². The van der Waals surface area contributed by atoms with Crippen LogP contribution in [0.4, 0.5) is 0 Å². The first-order valence-electron chi connectivity index (χ1n) is 28.4. The van der Waals surface area contributed by atoms with Gasteiger partial charge < -0.3 is 65.1 Å². The number of carbonyl (C=O) groups excluding carboxylic acids is 1. The summed E-state index contributed by atoms with van der Waals surface area (Å²) < 4.78 is 22.7. The zero-order chi connectivity index (χ0) is 50.3. The van der Waals surface area contributed by atoms with Crippen LogP contribution in [0.25, 0.3) is 0 Å². The monoisotopic (exact) mass is 988 g/mol. The molecule has 0 aliphatic carbocycles. The maximum atomic E-state index is 13.1. The summed E-state index contributed by atoms with van der Waals surface area (Å²) in [5.74, 6) is -0.244. The third-order valence-electron chi connectivity index (χ3n) is 14.2. The van der Waals surface area contributed by atoms with Crippen molar-refractivity contribution in [2.75, 3.05) is 19.8 Å². The van der Waals surface area contributed by atoms with E-state index < -0.39 is 86.8 Å². The van der Waals surface area contributed by atoms with E-state index in [1.54, 1.807) is 6.08 Å². The summed E-state index contributed by atoms with van der Waals surface area (Å²) in [5, 5.41) is 86.6. The minimum Gasteiger partial charge on any atom is -0.394 e. The Morgan fingerprint density at radius 3 is 1.33 bits per heavy atom. The minimum absolute atomic E-state index is 0.244. The fourth-order valence-electron chi connectivity index (χ4n) is 9.59. The molecule has 2 heterocycles. The van der Waals surface area contributed by atoms with E-state index in [0.717, 1.165) is 38.5 Å². The highest BCUT2D eigenvalue weighted by Crippen LogP contribution is 2.30. The average Bonchev–Trinajstić information content (AvgIpc) is 3.35. The summed E-state index contributed by atoms with van der Waals surface area (Å²) in [5.41, 5.74) is 0. The molecule has 0 saturated carbocycles. The Kier molecular flexibility index (Phi) is 39.0. The Labute approximate surface area is 418 Å². The molecule has 14 nitrogen and oxygen atoms in total. The molecule has 14 heteroatoms. The Bertz CT molecular complexity index is 1210. The number of hydrogen-bond acceptors (Lipinski definition) is 13. The number of aliphatic hydroxyl groups is 8. The number of rotatable bonds is 45. The van der Waals surface area contributed by atoms with Crippen LogP contribution >= 0.6 is 0 Å². The van der Waals surface area contributed by atoms with Crippen molar-refractivity contribution >= 4 is 5.91 Å². The molecule has 2 aliphatic rings. The topological polar surface area (TPSA) is 228 Å². The SMILES string of the molecule is CCCCCCCCCCCCCCCCCCCCCCCCCCCC/C=C/C(O)C(COC1OC(CO)C(OC2OC(CO)C(O)C(O)C2O)C(O)C1O)NC(=O)CCCCCCCCC. The molecule has 12 atom stereocenters. The molecule has 0 aromatic rings. The Morgan fingerprint density at radius 2 is 0.899 bits per heavy atom. The van der Waals surface area contributed by atoms with E-state index in [9.17, 15) is 45.6 Å². The molecule has 408 valence electrons. The van der Waals surface area contributed by atoms with E-state index in [4.69, 9.17) is 18.9 Å². The van der Waals surface area contributed by atoms with Gasteiger partial charge in [0.2, 0.25) is 5.91 Å². The number of ether oxygens (including phenoxy) is 4. The summed E-state index contributed by atoms with van der Waals surface area (Å²) in [6.45, 7) is 2.75. The van der Waals surface area contributed by atoms with Crippen LogP contribution in [-0.4, -0.2) is 140 Å². The van der Waals surface area contributed by atoms with Gasteiger partial charge in [-0.2, -0.15) is 0 Å². The number of unbranched alkanes of at least 4 members (excludes halogenated alkanes) is 32. The standard InChI is InChI=1S/C55H105NO13/c1-3-5-7-9-11-12-13-14-15-16-17-18-19-20-21-22-23-24-25-26-27-28-29-30-31-33-34-36-38-44(59)43(56-47(60)39-37-35-32-10-8-6-4-2)42-66-54-52(65)50(63)53(46(41-58)68-54)69-55-51(64)49(62)48(61)45(40-57)67-55/h36,38,43-46,48-55,57-59,61-65H,3-35,37,39-42H2,1-2H3,(H,56,60)/b38-36+. The van der Waals surface area contributed by atoms with Gasteiger partial charge in [-0.15, -0.1) is 0 Å². The van der Waals surface area contributed by atoms with Crippen molar-refractivity contribution in [1.82, 2.24) is 5.32 Å². The van der Waals surface area contributed by atoms with Gasteiger partial charge in [-0.3, -0.25) is 4.79 Å². The van der Waals surface area contributed by atoms with Crippen LogP contribution in [0.2, 0.25) is 0 Å². The number of allylic oxidation sites excluding steroid dienone is 1. The molecule has 2 aliphatic heterocycles. The van der Waals surface area contributed by atoms with Gasteiger partial charge in [0.25, 0.3) is 0 Å². The van der Waals surface area contributed by atoms with Crippen molar-refractivity contribution in [2.24, 2.45) is 0 Å². The zero-order valence-corrected chi connectivity index (χ0v) is 43.6. The normalized spacial score (nSPS) is 26.2. The lowest BCUT2D eigenvalue weighted by Crippen LogP contribution is -2.65. The molecule has 69 heavy (non-hydrogen) atoms. The van der Waals surface area contributed by atoms with Crippen LogP contribution in [0.5, 0.6) is 0 Å². The van der Waals surface area contributed by atoms with Crippen LogP contribution in [0.1, 0.15) is 239 Å². The summed E-state index contributed by atoms with van der Waals surface area (Å²) in [4.78, 5) is 13.1. The third kappa shape index (κ3) is 28.7. The first-order valence-corrected chi connectivity index (χ1v) is 28.4. The number of amides is 1. The highest BCUT2D eigenvalue weighted by atomic mass is 16.7. The Hall–Kier alpha value is -1.27. The van der Waals surface area contributed by atoms with Gasteiger partial charge in [0.1, 0.15) is 48.8 Å². The second kappa shape index (κ2) is 42.1. The molecule has 2 fully saturated rings. The number of aliphatic hydroxyl groups excluding tert-OH is 8. The van der Waals surface area contributed by atoms with E-state index in [-0.39, 0.29) is 18.9 Å². The maximum Gasteiger partial charge on any atom is 0.220 e. The lowest BCUT2D eigenvalue weighted by molar-refractivity contribution is -0.359. The van der Waals surface area contributed by atoms with E-state index in [1.165, 1.54) is 173 Å². The van der Waals surface area contributed by atoms with Gasteiger partial charge in [-0.25, -0.2) is 0 Å². The summed E-state index contributed by atoms with van der Waals surface area (Å²) in [7, 11) is 0. The Morgan fingerprint density at radius 1 is 0.507 bits per heavy atom. The van der Waals surface area contributed by atoms with E-state index in [0.29, 0.717) is 6.42 Å². The molecule has 0 spiro atoms. The number of carbonyl (C=O) groups is 1. The van der Waals surface area contributed by atoms with E-state index in [2.05, 4.69) is 19.2 Å². The first kappa shape index (κ1) is 63.8. The van der Waals surface area contributed by atoms with Crippen LogP contribution in [0, 0.1) is 0 Å². The van der Waals surface area contributed by atoms with E-state index >= 15 is 0 Å². The van der Waals surface area contributed by atoms with E-state index in [1.807, 2.05) is 6.08 Å². The highest BCUT2D eigenvalue weighted by molar-refractivity contribution is 5.76. The quantitative estimate of drug-likeness (QED) is 0.0206. The molecule has 9 N–H and O–H groups in total. The average molecular weight is 988 g/mol. The lowest BCUT2D eigenvalue weighted by atomic mass is 9.97. The van der Waals surface area contributed by atoms with Gasteiger partial charge in [-0.1, -0.05) is 225 Å². The second-order valence-corrected chi connectivity index (χ2v) is 20.4. The van der Waals surface area contributed by atoms with Crippen LogP contribution in [0.15, 0.2) is 12.2 Å². The fourth-order valence-corrected chi connectivity index (χ4v) is 9.59. The molecule has 0 radical (unpaired) electrons. The van der Waals surface area contributed by atoms with Crippen molar-refractivity contribution in [1.29, 1.82) is 0 Å². The van der Waals surface area contributed by atoms with Gasteiger partial charge in [0, 0.05) is 6.42 Å². The first-order chi connectivity index (χ1) is 33.6. The molecule has 1 amide bonds. The highest BCUT2D eigenvalue weighted by Gasteiger charge is 2.51. The molecule has 2 saturated heterocycles.